The number of hydrogen-bond acceptors (Lipinski definition) is 6. The largest absolute Gasteiger partial charge is 3.00 e. The average Bonchev–Trinajstić information content (AvgIpc) is 2.10. The third-order valence-corrected chi connectivity index (χ3v) is 1.99. The van der Waals surface area contributed by atoms with Crippen LogP contribution in [-0.2, 0) is 0 Å². The summed E-state index contributed by atoms with van der Waals surface area (Å²) in [5.74, 6) is 0. The van der Waals surface area contributed by atoms with Gasteiger partial charge in [-0.3, -0.25) is 0 Å². The summed E-state index contributed by atoms with van der Waals surface area (Å²) in [7, 11) is 0. The minimum atomic E-state index is -0.688. The van der Waals surface area contributed by atoms with Gasteiger partial charge in [0.15, 0.2) is 0 Å². The topological polar surface area (TPSA) is 138 Å². The van der Waals surface area contributed by atoms with Crippen LogP contribution in [0.2, 0.25) is 0 Å². The second-order valence-electron chi connectivity index (χ2n) is 5.57. The summed E-state index contributed by atoms with van der Waals surface area (Å²) in [6, 6.07) is 0. The fourth-order valence-corrected chi connectivity index (χ4v) is 1.40. The van der Waals surface area contributed by atoms with Crippen molar-refractivity contribution in [2.75, 3.05) is 0 Å². The van der Waals surface area contributed by atoms with Crippen LogP contribution in [0.25, 0.3) is 0 Å². The SMILES string of the molecule is CC([O-])CC(C)[O-].CC([O-])CC(C)[O-].CC([O-])CC(C)[O-].[Dy+3].[Dy+3]. The van der Waals surface area contributed by atoms with E-state index in [1.54, 1.807) is 0 Å². The van der Waals surface area contributed by atoms with Gasteiger partial charge in [0.05, 0.1) is 0 Å². The molecule has 0 amide bonds. The van der Waals surface area contributed by atoms with E-state index in [0.29, 0.717) is 0 Å². The molecule has 6 atom stereocenters. The fraction of sp³-hybridized carbons (Fsp3) is 1.00. The Morgan fingerprint density at radius 1 is 0.391 bits per heavy atom. The van der Waals surface area contributed by atoms with Crippen LogP contribution in [0.5, 0.6) is 0 Å². The molecule has 0 aliphatic carbocycles. The quantitative estimate of drug-likeness (QED) is 0.300. The first kappa shape index (κ1) is 36.3. The van der Waals surface area contributed by atoms with Crippen LogP contribution in [0.4, 0.5) is 0 Å². The number of rotatable bonds is 6. The zero-order valence-electron chi connectivity index (χ0n) is 14.7. The van der Waals surface area contributed by atoms with E-state index in [9.17, 15) is 30.6 Å². The minimum Gasteiger partial charge on any atom is -0.852 e. The maximum Gasteiger partial charge on any atom is 3.00 e. The van der Waals surface area contributed by atoms with E-state index in [0.717, 1.165) is 0 Å². The Balaban J connectivity index is -0.0000000675. The van der Waals surface area contributed by atoms with E-state index in [4.69, 9.17) is 0 Å². The summed E-state index contributed by atoms with van der Waals surface area (Å²) in [5.41, 5.74) is 0. The van der Waals surface area contributed by atoms with E-state index in [1.165, 1.54) is 41.5 Å². The van der Waals surface area contributed by atoms with Crippen molar-refractivity contribution in [3.8, 4) is 0 Å². The maximum absolute atomic E-state index is 10.1. The summed E-state index contributed by atoms with van der Waals surface area (Å²) < 4.78 is 0. The Kier molecular flexibility index (Phi) is 38.3. The second-order valence-corrected chi connectivity index (χ2v) is 5.57. The molecule has 2 radical (unpaired) electrons. The minimum absolute atomic E-state index is 0. The average molecular weight is 631 g/mol. The van der Waals surface area contributed by atoms with Crippen LogP contribution in [0.3, 0.4) is 0 Å². The standard InChI is InChI=1S/3C5H10O2.2Dy/c3*1-4(6)3-5(2)7;;/h3*4-5H,3H2,1-2H3;;/q3*-2;2*+3. The van der Waals surface area contributed by atoms with Gasteiger partial charge in [0.1, 0.15) is 0 Å². The summed E-state index contributed by atoms with van der Waals surface area (Å²) >= 11 is 0. The van der Waals surface area contributed by atoms with Gasteiger partial charge in [-0.15, -0.1) is 36.6 Å². The molecule has 6 nitrogen and oxygen atoms in total. The van der Waals surface area contributed by atoms with Crippen molar-refractivity contribution >= 4 is 0 Å². The monoisotopic (exact) mass is 634 g/mol. The first-order valence-electron chi connectivity index (χ1n) is 7.33. The zero-order valence-corrected chi connectivity index (χ0v) is 18.7. The molecule has 23 heavy (non-hydrogen) atoms. The van der Waals surface area contributed by atoms with E-state index in [-0.39, 0.29) is 95.6 Å². The Morgan fingerprint density at radius 3 is 0.478 bits per heavy atom. The van der Waals surface area contributed by atoms with Crippen molar-refractivity contribution in [2.24, 2.45) is 0 Å². The molecule has 0 aliphatic heterocycles. The summed E-state index contributed by atoms with van der Waals surface area (Å²) in [5, 5.41) is 60.8. The Morgan fingerprint density at radius 2 is 0.478 bits per heavy atom. The van der Waals surface area contributed by atoms with E-state index in [2.05, 4.69) is 0 Å². The van der Waals surface area contributed by atoms with Gasteiger partial charge in [-0.2, -0.15) is 0 Å². The molecule has 0 saturated carbocycles. The van der Waals surface area contributed by atoms with Gasteiger partial charge in [-0.25, -0.2) is 0 Å². The molecule has 146 valence electrons. The molecule has 0 bridgehead atoms. The molecular formula is C15H30Dy2O6. The molecule has 0 N–H and O–H groups in total. The molecule has 6 unspecified atom stereocenters. The van der Waals surface area contributed by atoms with E-state index in [1.807, 2.05) is 0 Å². The number of hydrogen-bond donors (Lipinski definition) is 0. The van der Waals surface area contributed by atoms with Gasteiger partial charge in [-0.1, -0.05) is 60.8 Å². The van der Waals surface area contributed by atoms with Crippen molar-refractivity contribution in [1.29, 1.82) is 0 Å². The molecule has 0 rings (SSSR count). The predicted octanol–water partition coefficient (Wildman–Crippen LogP) is -3.38. The third-order valence-electron chi connectivity index (χ3n) is 1.99. The van der Waals surface area contributed by atoms with Crippen LogP contribution in [0.15, 0.2) is 0 Å². The molecule has 0 saturated heterocycles. The zero-order chi connectivity index (χ0) is 17.6. The van der Waals surface area contributed by atoms with Crippen molar-refractivity contribution in [3.05, 3.63) is 0 Å². The molecule has 0 heterocycles. The van der Waals surface area contributed by atoms with Crippen molar-refractivity contribution in [2.45, 2.75) is 97.4 Å². The van der Waals surface area contributed by atoms with Crippen LogP contribution in [-0.4, -0.2) is 36.6 Å². The van der Waals surface area contributed by atoms with Gasteiger partial charge in [-0.05, 0) is 0 Å². The first-order chi connectivity index (χ1) is 9.38. The molecular weight excluding hydrogens is 601 g/mol. The molecule has 0 aromatic carbocycles. The van der Waals surface area contributed by atoms with Crippen molar-refractivity contribution < 1.29 is 107 Å². The van der Waals surface area contributed by atoms with E-state index >= 15 is 0 Å². The van der Waals surface area contributed by atoms with Gasteiger partial charge >= 0.3 is 76.3 Å². The summed E-state index contributed by atoms with van der Waals surface area (Å²) in [6.07, 6.45) is -3.38. The second kappa shape index (κ2) is 24.3. The molecule has 8 heteroatoms. The van der Waals surface area contributed by atoms with Gasteiger partial charge in [0, 0.05) is 0 Å². The smallest absolute Gasteiger partial charge is 0.852 e. The first-order valence-corrected chi connectivity index (χ1v) is 7.33. The summed E-state index contributed by atoms with van der Waals surface area (Å²) in [6.45, 7) is 9.05. The third kappa shape index (κ3) is 59.1. The predicted molar refractivity (Wildman–Crippen MR) is 70.6 cm³/mol. The molecule has 0 spiro atoms. The molecule has 0 aromatic rings. The van der Waals surface area contributed by atoms with Crippen LogP contribution in [0, 0.1) is 76.3 Å². The fourth-order valence-electron chi connectivity index (χ4n) is 1.40. The maximum atomic E-state index is 10.1. The molecule has 0 aliphatic rings. The Hall–Kier alpha value is 2.31. The molecule has 0 fully saturated rings. The van der Waals surface area contributed by atoms with Gasteiger partial charge in [0.25, 0.3) is 0 Å². The van der Waals surface area contributed by atoms with Crippen LogP contribution >= 0.6 is 0 Å². The normalized spacial score (nSPS) is 17.2. The van der Waals surface area contributed by atoms with E-state index < -0.39 is 36.6 Å². The van der Waals surface area contributed by atoms with Gasteiger partial charge in [0.2, 0.25) is 0 Å². The summed E-state index contributed by atoms with van der Waals surface area (Å²) in [4.78, 5) is 0. The van der Waals surface area contributed by atoms with Crippen molar-refractivity contribution in [3.63, 3.8) is 0 Å². The molecule has 0 aromatic heterocycles. The van der Waals surface area contributed by atoms with Crippen LogP contribution in [0.1, 0.15) is 60.8 Å². The van der Waals surface area contributed by atoms with Crippen molar-refractivity contribution in [1.82, 2.24) is 0 Å². The Bertz CT molecular complexity index is 149. The van der Waals surface area contributed by atoms with Crippen LogP contribution < -0.4 is 30.6 Å². The Labute approximate surface area is 202 Å². The van der Waals surface area contributed by atoms with Gasteiger partial charge < -0.3 is 30.6 Å².